The molecule has 0 aromatic heterocycles. The van der Waals surface area contributed by atoms with E-state index in [2.05, 4.69) is 0 Å². The van der Waals surface area contributed by atoms with Crippen LogP contribution in [0.1, 0.15) is 10.4 Å². The maximum absolute atomic E-state index is 12.1. The molecule has 0 amide bonds. The summed E-state index contributed by atoms with van der Waals surface area (Å²) in [7, 11) is 0. The molecule has 2 N–H and O–H groups in total. The molecule has 0 radical (unpaired) electrons. The van der Waals surface area contributed by atoms with E-state index in [0.29, 0.717) is 11.3 Å². The Kier molecular flexibility index (Phi) is 4.46. The van der Waals surface area contributed by atoms with Crippen LogP contribution >= 0.6 is 0 Å². The Morgan fingerprint density at radius 1 is 1.13 bits per heavy atom. The van der Waals surface area contributed by atoms with Gasteiger partial charge in [0.1, 0.15) is 24.1 Å². The first-order valence-electron chi connectivity index (χ1n) is 7.11. The maximum atomic E-state index is 12.1. The van der Waals surface area contributed by atoms with E-state index < -0.39 is 43.0 Å². The van der Waals surface area contributed by atoms with Crippen molar-refractivity contribution in [3.8, 4) is 5.75 Å². The van der Waals surface area contributed by atoms with E-state index in [1.54, 1.807) is 0 Å². The molecule has 2 fully saturated rings. The Hall–Kier alpha value is -2.16. The number of fused-ring (bicyclic) bond motifs is 1. The molecule has 2 saturated heterocycles. The molecular weight excluding hydrogens is 308 g/mol. The van der Waals surface area contributed by atoms with Gasteiger partial charge in [-0.05, 0) is 24.3 Å². The number of aliphatic hydroxyl groups is 1. The quantitative estimate of drug-likeness (QED) is 0.718. The molecular formula is C15H16O8. The standard InChI is InChI=1S/C15H16O8/c16-10-5-21-14-11(6-22-13(10)14)23-15(19)8-1-3-9(4-2-8)20-7-12(17)18/h1-4,10-11,13-14,16H,5-7H2,(H,17,18)/t10-,11+,13+,14+/m0/s1. The highest BCUT2D eigenvalue weighted by Gasteiger charge is 2.48. The molecule has 8 nitrogen and oxygen atoms in total. The zero-order chi connectivity index (χ0) is 16.4. The predicted molar refractivity (Wildman–Crippen MR) is 74.3 cm³/mol. The van der Waals surface area contributed by atoms with Gasteiger partial charge in [0.2, 0.25) is 0 Å². The molecule has 0 bridgehead atoms. The first-order valence-corrected chi connectivity index (χ1v) is 7.11. The molecule has 0 saturated carbocycles. The molecule has 0 aliphatic carbocycles. The van der Waals surface area contributed by atoms with Crippen molar-refractivity contribution in [3.63, 3.8) is 0 Å². The van der Waals surface area contributed by atoms with Crippen LogP contribution in [-0.4, -0.2) is 66.4 Å². The molecule has 3 rings (SSSR count). The van der Waals surface area contributed by atoms with E-state index in [0.717, 1.165) is 0 Å². The number of hydrogen-bond donors (Lipinski definition) is 2. The third-order valence-electron chi connectivity index (χ3n) is 3.69. The average molecular weight is 324 g/mol. The lowest BCUT2D eigenvalue weighted by molar-refractivity contribution is -0.139. The van der Waals surface area contributed by atoms with Gasteiger partial charge in [0, 0.05) is 0 Å². The van der Waals surface area contributed by atoms with Gasteiger partial charge in [-0.25, -0.2) is 9.59 Å². The second kappa shape index (κ2) is 6.53. The second-order valence-electron chi connectivity index (χ2n) is 5.31. The van der Waals surface area contributed by atoms with Crippen molar-refractivity contribution in [2.75, 3.05) is 19.8 Å². The average Bonchev–Trinajstić information content (AvgIpc) is 3.10. The SMILES string of the molecule is O=C(O)COc1ccc(C(=O)O[C@@H]2CO[C@H]3[C@@H]2OC[C@@H]3O)cc1. The zero-order valence-electron chi connectivity index (χ0n) is 12.1. The molecule has 23 heavy (non-hydrogen) atoms. The van der Waals surface area contributed by atoms with Gasteiger partial charge in [-0.15, -0.1) is 0 Å². The molecule has 124 valence electrons. The van der Waals surface area contributed by atoms with Crippen LogP contribution in [0.5, 0.6) is 5.75 Å². The highest BCUT2D eigenvalue weighted by molar-refractivity contribution is 5.89. The molecule has 2 aliphatic heterocycles. The minimum atomic E-state index is -1.08. The molecule has 0 unspecified atom stereocenters. The lowest BCUT2D eigenvalue weighted by atomic mass is 10.1. The van der Waals surface area contributed by atoms with Gasteiger partial charge in [0.15, 0.2) is 12.7 Å². The van der Waals surface area contributed by atoms with Gasteiger partial charge in [-0.3, -0.25) is 0 Å². The Balaban J connectivity index is 1.57. The summed E-state index contributed by atoms with van der Waals surface area (Å²) in [6, 6.07) is 5.95. The summed E-state index contributed by atoms with van der Waals surface area (Å²) in [5.74, 6) is -1.28. The van der Waals surface area contributed by atoms with Gasteiger partial charge < -0.3 is 29.2 Å². The number of ether oxygens (including phenoxy) is 4. The van der Waals surface area contributed by atoms with Gasteiger partial charge in [-0.2, -0.15) is 0 Å². The van der Waals surface area contributed by atoms with Gasteiger partial charge >= 0.3 is 11.9 Å². The van der Waals surface area contributed by atoms with Crippen molar-refractivity contribution < 1.29 is 38.7 Å². The maximum Gasteiger partial charge on any atom is 0.341 e. The lowest BCUT2D eigenvalue weighted by Crippen LogP contribution is -2.34. The van der Waals surface area contributed by atoms with Crippen molar-refractivity contribution in [2.45, 2.75) is 24.4 Å². The number of esters is 1. The van der Waals surface area contributed by atoms with Crippen LogP contribution in [0.2, 0.25) is 0 Å². The number of rotatable bonds is 5. The third kappa shape index (κ3) is 3.44. The first kappa shape index (κ1) is 15.7. The predicted octanol–water partition coefficient (Wildman–Crippen LogP) is -0.166. The number of carbonyl (C=O) groups excluding carboxylic acids is 1. The summed E-state index contributed by atoms with van der Waals surface area (Å²) >= 11 is 0. The van der Waals surface area contributed by atoms with Crippen LogP contribution < -0.4 is 4.74 Å². The topological polar surface area (TPSA) is 112 Å². The molecule has 8 heteroatoms. The molecule has 4 atom stereocenters. The molecule has 1 aromatic carbocycles. The van der Waals surface area contributed by atoms with Crippen molar-refractivity contribution in [1.82, 2.24) is 0 Å². The zero-order valence-corrected chi connectivity index (χ0v) is 12.1. The van der Waals surface area contributed by atoms with Crippen molar-refractivity contribution in [3.05, 3.63) is 29.8 Å². The van der Waals surface area contributed by atoms with Gasteiger partial charge in [0.05, 0.1) is 18.8 Å². The van der Waals surface area contributed by atoms with E-state index in [4.69, 9.17) is 24.1 Å². The fourth-order valence-corrected chi connectivity index (χ4v) is 2.58. The number of carboxylic acid groups (broad SMARTS) is 1. The Morgan fingerprint density at radius 2 is 1.83 bits per heavy atom. The van der Waals surface area contributed by atoms with Crippen molar-refractivity contribution in [1.29, 1.82) is 0 Å². The van der Waals surface area contributed by atoms with E-state index in [1.165, 1.54) is 24.3 Å². The fourth-order valence-electron chi connectivity index (χ4n) is 2.58. The Morgan fingerprint density at radius 3 is 2.52 bits per heavy atom. The van der Waals surface area contributed by atoms with Crippen LogP contribution in [-0.2, 0) is 19.0 Å². The highest BCUT2D eigenvalue weighted by atomic mass is 16.6. The normalized spacial score (nSPS) is 29.1. The number of carbonyl (C=O) groups is 2. The minimum absolute atomic E-state index is 0.166. The lowest BCUT2D eigenvalue weighted by Gasteiger charge is -2.16. The van der Waals surface area contributed by atoms with Crippen LogP contribution in [0.25, 0.3) is 0 Å². The minimum Gasteiger partial charge on any atom is -0.482 e. The number of aliphatic hydroxyl groups excluding tert-OH is 1. The van der Waals surface area contributed by atoms with E-state index in [-0.39, 0.29) is 13.2 Å². The summed E-state index contributed by atoms with van der Waals surface area (Å²) < 4.78 is 21.1. The van der Waals surface area contributed by atoms with Crippen LogP contribution in [0.15, 0.2) is 24.3 Å². The largest absolute Gasteiger partial charge is 0.482 e. The van der Waals surface area contributed by atoms with Gasteiger partial charge in [-0.1, -0.05) is 0 Å². The van der Waals surface area contributed by atoms with Crippen LogP contribution in [0, 0.1) is 0 Å². The summed E-state index contributed by atoms with van der Waals surface area (Å²) in [6.07, 6.45) is -2.17. The molecule has 2 aliphatic rings. The van der Waals surface area contributed by atoms with Crippen LogP contribution in [0.4, 0.5) is 0 Å². The molecule has 1 aromatic rings. The van der Waals surface area contributed by atoms with Crippen molar-refractivity contribution >= 4 is 11.9 Å². The monoisotopic (exact) mass is 324 g/mol. The number of aliphatic carboxylic acids is 1. The first-order chi connectivity index (χ1) is 11.0. The summed E-state index contributed by atoms with van der Waals surface area (Å²) in [4.78, 5) is 22.5. The number of hydrogen-bond acceptors (Lipinski definition) is 7. The third-order valence-corrected chi connectivity index (χ3v) is 3.69. The van der Waals surface area contributed by atoms with E-state index in [9.17, 15) is 14.7 Å². The molecule has 0 spiro atoms. The molecule has 2 heterocycles. The smallest absolute Gasteiger partial charge is 0.341 e. The number of carboxylic acids is 1. The second-order valence-corrected chi connectivity index (χ2v) is 5.31. The highest BCUT2D eigenvalue weighted by Crippen LogP contribution is 2.29. The number of benzene rings is 1. The Bertz CT molecular complexity index is 584. The summed E-state index contributed by atoms with van der Waals surface area (Å²) in [6.45, 7) is -0.108. The van der Waals surface area contributed by atoms with E-state index in [1.807, 2.05) is 0 Å². The van der Waals surface area contributed by atoms with E-state index >= 15 is 0 Å². The summed E-state index contributed by atoms with van der Waals surface area (Å²) in [5, 5.41) is 18.2. The van der Waals surface area contributed by atoms with Crippen molar-refractivity contribution in [2.24, 2.45) is 0 Å². The van der Waals surface area contributed by atoms with Crippen LogP contribution in [0.3, 0.4) is 0 Å². The van der Waals surface area contributed by atoms with Gasteiger partial charge in [0.25, 0.3) is 0 Å². The summed E-state index contributed by atoms with van der Waals surface area (Å²) in [5.41, 5.74) is 0.301. The fraction of sp³-hybridized carbons (Fsp3) is 0.467. The Labute approximate surface area is 131 Å².